The van der Waals surface area contributed by atoms with Crippen LogP contribution in [0.25, 0.3) is 11.1 Å². The van der Waals surface area contributed by atoms with Crippen LogP contribution < -0.4 is 5.32 Å². The predicted molar refractivity (Wildman–Crippen MR) is 162 cm³/mol. The zero-order chi connectivity index (χ0) is 31.3. The quantitative estimate of drug-likeness (QED) is 0.210. The van der Waals surface area contributed by atoms with Crippen molar-refractivity contribution < 1.29 is 32.4 Å². The number of amides is 1. The zero-order valence-corrected chi connectivity index (χ0v) is 26.6. The number of rotatable bonds is 13. The first kappa shape index (κ1) is 31.7. The highest BCUT2D eigenvalue weighted by Crippen LogP contribution is 2.72. The van der Waals surface area contributed by atoms with Crippen molar-refractivity contribution in [3.8, 4) is 11.1 Å². The second-order valence-electron chi connectivity index (χ2n) is 14.4. The summed E-state index contributed by atoms with van der Waals surface area (Å²) in [6.07, 6.45) is 10.4. The van der Waals surface area contributed by atoms with Gasteiger partial charge in [-0.25, -0.2) is 9.78 Å². The number of carboxylic acids is 1. The standard InChI is InChI=1S/C32H45N3O7S/c1-22-24(25-9-8-23(14-26(36)33-4)34-27(25)28(37)38)10-11-35(22)21-31-16-29(2)15-30(3,17-31)19-32(18-29,20-31)42-12-6-5-7-13-43(39,40)41/h8-11H,5-7,12-21H2,1-4H3,(H,33,36)(H,37,38)(H,39,40,41). The lowest BCUT2D eigenvalue weighted by molar-refractivity contribution is -0.248. The van der Waals surface area contributed by atoms with Gasteiger partial charge in [0.05, 0.1) is 23.5 Å². The largest absolute Gasteiger partial charge is 0.476 e. The van der Waals surface area contributed by atoms with Crippen LogP contribution in [0.15, 0.2) is 24.4 Å². The Balaban J connectivity index is 1.36. The van der Waals surface area contributed by atoms with Gasteiger partial charge in [-0.1, -0.05) is 26.3 Å². The average Bonchev–Trinajstić information content (AvgIpc) is 3.22. The van der Waals surface area contributed by atoms with Crippen LogP contribution in [0.1, 0.15) is 93.5 Å². The molecule has 4 aliphatic rings. The minimum atomic E-state index is -3.93. The normalized spacial score (nSPS) is 29.6. The third-order valence-corrected chi connectivity index (χ3v) is 10.7. The van der Waals surface area contributed by atoms with Gasteiger partial charge < -0.3 is 19.7 Å². The number of nitrogens with one attached hydrogen (secondary N) is 1. The Labute approximate surface area is 254 Å². The van der Waals surface area contributed by atoms with Crippen molar-refractivity contribution >= 4 is 22.0 Å². The SMILES string of the molecule is CNC(=O)Cc1ccc(-c2ccn(CC34CC5(C)CC(C)(C3)CC(OCCCCCS(=O)(=O)O)(C5)C4)c2C)c(C(=O)O)n1. The van der Waals surface area contributed by atoms with Gasteiger partial charge in [0.2, 0.25) is 5.91 Å². The van der Waals surface area contributed by atoms with E-state index in [1.807, 2.05) is 13.0 Å². The third kappa shape index (κ3) is 6.83. The molecule has 10 nitrogen and oxygen atoms in total. The van der Waals surface area contributed by atoms with Gasteiger partial charge in [0, 0.05) is 43.2 Å². The summed E-state index contributed by atoms with van der Waals surface area (Å²) in [5.41, 5.74) is 2.93. The van der Waals surface area contributed by atoms with Gasteiger partial charge in [-0.15, -0.1) is 0 Å². The van der Waals surface area contributed by atoms with E-state index in [1.165, 1.54) is 13.5 Å². The Morgan fingerprint density at radius 1 is 1.00 bits per heavy atom. The maximum absolute atomic E-state index is 12.2. The first-order valence-electron chi connectivity index (χ1n) is 15.3. The van der Waals surface area contributed by atoms with Gasteiger partial charge in [0.15, 0.2) is 5.69 Å². The number of aromatic carboxylic acids is 1. The topological polar surface area (TPSA) is 148 Å². The van der Waals surface area contributed by atoms with Crippen LogP contribution >= 0.6 is 0 Å². The van der Waals surface area contributed by atoms with Crippen molar-refractivity contribution in [3.63, 3.8) is 0 Å². The number of ether oxygens (including phenoxy) is 1. The lowest BCUT2D eigenvalue weighted by Crippen LogP contribution is -2.64. The minimum Gasteiger partial charge on any atom is -0.476 e. The van der Waals surface area contributed by atoms with Crippen molar-refractivity contribution in [2.45, 2.75) is 97.1 Å². The number of hydrogen-bond donors (Lipinski definition) is 3. The Kier molecular flexibility index (Phi) is 8.32. The number of carbonyl (C=O) groups excluding carboxylic acids is 1. The highest BCUT2D eigenvalue weighted by atomic mass is 32.2. The Bertz CT molecular complexity index is 1500. The molecule has 2 heterocycles. The molecule has 4 bridgehead atoms. The second-order valence-corrected chi connectivity index (χ2v) is 15.9. The van der Waals surface area contributed by atoms with E-state index in [9.17, 15) is 23.1 Å². The molecule has 2 aromatic heterocycles. The zero-order valence-electron chi connectivity index (χ0n) is 25.7. The Morgan fingerprint density at radius 2 is 1.70 bits per heavy atom. The van der Waals surface area contributed by atoms with Gasteiger partial charge in [-0.2, -0.15) is 8.42 Å². The Hall–Kier alpha value is -2.76. The summed E-state index contributed by atoms with van der Waals surface area (Å²) in [4.78, 5) is 28.4. The lowest BCUT2D eigenvalue weighted by Gasteiger charge is -2.69. The second kappa shape index (κ2) is 11.3. The molecular formula is C32H45N3O7S. The van der Waals surface area contributed by atoms with E-state index in [2.05, 4.69) is 34.9 Å². The molecule has 4 aliphatic carbocycles. The van der Waals surface area contributed by atoms with E-state index in [4.69, 9.17) is 9.29 Å². The van der Waals surface area contributed by atoms with Gasteiger partial charge in [0.25, 0.3) is 10.1 Å². The number of unbranched alkanes of at least 4 members (excludes halogenated alkanes) is 2. The third-order valence-electron chi connectivity index (χ3n) is 9.92. The van der Waals surface area contributed by atoms with E-state index in [-0.39, 0.29) is 45.6 Å². The molecule has 43 heavy (non-hydrogen) atoms. The molecule has 0 aliphatic heterocycles. The monoisotopic (exact) mass is 615 g/mol. The molecule has 2 unspecified atom stereocenters. The summed E-state index contributed by atoms with van der Waals surface area (Å²) in [6.45, 7) is 8.25. The summed E-state index contributed by atoms with van der Waals surface area (Å²) < 4.78 is 40.1. The van der Waals surface area contributed by atoms with E-state index >= 15 is 0 Å². The van der Waals surface area contributed by atoms with Gasteiger partial charge >= 0.3 is 5.97 Å². The fraction of sp³-hybridized carbons (Fsp3) is 0.656. The highest BCUT2D eigenvalue weighted by Gasteiger charge is 2.66. The number of likely N-dealkylation sites (N-methyl/N-ethyl adjacent to an activating group) is 1. The van der Waals surface area contributed by atoms with E-state index < -0.39 is 16.1 Å². The summed E-state index contributed by atoms with van der Waals surface area (Å²) in [5.74, 6) is -1.56. The molecule has 11 heteroatoms. The summed E-state index contributed by atoms with van der Waals surface area (Å²) in [6, 6.07) is 5.45. The maximum Gasteiger partial charge on any atom is 0.355 e. The van der Waals surface area contributed by atoms with Crippen LogP contribution in [0.4, 0.5) is 0 Å². The average molecular weight is 616 g/mol. The van der Waals surface area contributed by atoms with E-state index in [0.29, 0.717) is 30.7 Å². The summed E-state index contributed by atoms with van der Waals surface area (Å²) in [7, 11) is -2.39. The number of carbonyl (C=O) groups is 2. The number of carboxylic acid groups (broad SMARTS) is 1. The molecule has 0 radical (unpaired) electrons. The Morgan fingerprint density at radius 3 is 2.33 bits per heavy atom. The molecule has 4 saturated carbocycles. The maximum atomic E-state index is 12.2. The molecule has 1 amide bonds. The van der Waals surface area contributed by atoms with Crippen molar-refractivity contribution in [1.29, 1.82) is 0 Å². The van der Waals surface area contributed by atoms with Crippen molar-refractivity contribution in [3.05, 3.63) is 41.5 Å². The highest BCUT2D eigenvalue weighted by molar-refractivity contribution is 7.85. The molecule has 2 atom stereocenters. The first-order chi connectivity index (χ1) is 20.1. The number of aromatic nitrogens is 2. The molecule has 4 fully saturated rings. The molecule has 0 aromatic carbocycles. The number of hydrogen-bond acceptors (Lipinski definition) is 6. The fourth-order valence-corrected chi connectivity index (χ4v) is 10.2. The van der Waals surface area contributed by atoms with Gasteiger partial charge in [0.1, 0.15) is 0 Å². The van der Waals surface area contributed by atoms with E-state index in [1.54, 1.807) is 12.1 Å². The fourth-order valence-electron chi connectivity index (χ4n) is 9.60. The molecule has 0 spiro atoms. The van der Waals surface area contributed by atoms with E-state index in [0.717, 1.165) is 56.3 Å². The number of nitrogens with zero attached hydrogens (tertiary/aromatic N) is 2. The molecule has 236 valence electrons. The lowest BCUT2D eigenvalue weighted by atomic mass is 9.39. The molecule has 3 N–H and O–H groups in total. The first-order valence-corrected chi connectivity index (χ1v) is 16.9. The van der Waals surface area contributed by atoms with Crippen molar-refractivity contribution in [2.24, 2.45) is 16.2 Å². The van der Waals surface area contributed by atoms with Crippen molar-refractivity contribution in [1.82, 2.24) is 14.9 Å². The van der Waals surface area contributed by atoms with Crippen LogP contribution in [-0.4, -0.2) is 64.5 Å². The van der Waals surface area contributed by atoms with Crippen LogP contribution in [0.5, 0.6) is 0 Å². The van der Waals surface area contributed by atoms with Gasteiger partial charge in [-0.05, 0) is 86.7 Å². The van der Waals surface area contributed by atoms with Gasteiger partial charge in [-0.3, -0.25) is 9.35 Å². The van der Waals surface area contributed by atoms with Crippen molar-refractivity contribution in [2.75, 3.05) is 19.4 Å². The smallest absolute Gasteiger partial charge is 0.355 e. The molecular weight excluding hydrogens is 570 g/mol. The van der Waals surface area contributed by atoms with Crippen LogP contribution in [0.3, 0.4) is 0 Å². The van der Waals surface area contributed by atoms with Crippen LogP contribution in [-0.2, 0) is 32.6 Å². The number of pyridine rings is 1. The minimum absolute atomic E-state index is 0.0193. The van der Waals surface area contributed by atoms with Crippen LogP contribution in [0, 0.1) is 23.2 Å². The molecule has 0 saturated heterocycles. The summed E-state index contributed by atoms with van der Waals surface area (Å²) in [5, 5.41) is 12.5. The molecule has 2 aromatic rings. The molecule has 6 rings (SSSR count). The predicted octanol–water partition coefficient (Wildman–Crippen LogP) is 5.04. The van der Waals surface area contributed by atoms with Crippen LogP contribution in [0.2, 0.25) is 0 Å². The summed E-state index contributed by atoms with van der Waals surface area (Å²) >= 11 is 0.